The predicted octanol–water partition coefficient (Wildman–Crippen LogP) is 7.35. The highest BCUT2D eigenvalue weighted by Crippen LogP contribution is 2.36. The summed E-state index contributed by atoms with van der Waals surface area (Å²) in [6.07, 6.45) is 23.6. The molecule has 0 saturated heterocycles. The number of carbonyl (C=O) groups excluding carboxylic acids is 2. The van der Waals surface area contributed by atoms with E-state index < -0.39 is 30.4 Å². The molecule has 0 amide bonds. The maximum Gasteiger partial charge on any atom is 0.309 e. The maximum atomic E-state index is 12.1. The molecule has 0 radical (unpaired) electrons. The number of rotatable bonds is 28. The minimum absolute atomic E-state index is 0.00691. The van der Waals surface area contributed by atoms with Crippen molar-refractivity contribution >= 4 is 11.9 Å². The lowest BCUT2D eigenvalue weighted by Crippen LogP contribution is -2.25. The zero-order chi connectivity index (χ0) is 34.0. The van der Waals surface area contributed by atoms with Gasteiger partial charge in [0, 0.05) is 18.8 Å². The molecule has 1 aliphatic carbocycles. The molecule has 0 unspecified atom stereocenters. The second kappa shape index (κ2) is 27.2. The molecule has 0 aromatic rings. The molecule has 0 bridgehead atoms. The van der Waals surface area contributed by atoms with Gasteiger partial charge in [-0.3, -0.25) is 9.59 Å². The standard InChI is InChI=1S/C38H68O8/c1-4-5-15-21-31(39)25-26-34-33(35(41)27-36(34)42)22-18-19-24-38(44)46-29-32(40)28-45-37(43)23-17-14-12-10-8-6-7-9-11-13-16-20-30(2)3/h18-19,25-26,30-36,39-42H,4-17,20-24,27-29H2,1-3H3/b19-18-,26-25+/t31-,32+,33+,34-,35+,36-/m1/s1. The lowest BCUT2D eigenvalue weighted by atomic mass is 9.89. The molecule has 1 fully saturated rings. The topological polar surface area (TPSA) is 134 Å². The molecule has 268 valence electrons. The highest BCUT2D eigenvalue weighted by molar-refractivity contribution is 5.71. The first kappa shape index (κ1) is 42.3. The largest absolute Gasteiger partial charge is 0.463 e. The number of hydrogen-bond acceptors (Lipinski definition) is 8. The van der Waals surface area contributed by atoms with E-state index in [4.69, 9.17) is 9.47 Å². The second-order valence-electron chi connectivity index (χ2n) is 13.8. The minimum atomic E-state index is -1.08. The van der Waals surface area contributed by atoms with Crippen LogP contribution in [0.3, 0.4) is 0 Å². The Bertz CT molecular complexity index is 826. The smallest absolute Gasteiger partial charge is 0.309 e. The third kappa shape index (κ3) is 21.9. The second-order valence-corrected chi connectivity index (χ2v) is 13.8. The number of aliphatic hydroxyl groups excluding tert-OH is 4. The van der Waals surface area contributed by atoms with E-state index in [1.807, 2.05) is 6.08 Å². The summed E-state index contributed by atoms with van der Waals surface area (Å²) in [6.45, 7) is 6.23. The van der Waals surface area contributed by atoms with Crippen LogP contribution >= 0.6 is 0 Å². The Balaban J connectivity index is 2.10. The number of esters is 2. The Morgan fingerprint density at radius 3 is 1.91 bits per heavy atom. The van der Waals surface area contributed by atoms with E-state index in [9.17, 15) is 30.0 Å². The number of unbranched alkanes of at least 4 members (excludes halogenated alkanes) is 12. The van der Waals surface area contributed by atoms with Gasteiger partial charge < -0.3 is 29.9 Å². The third-order valence-electron chi connectivity index (χ3n) is 8.97. The van der Waals surface area contributed by atoms with E-state index in [0.29, 0.717) is 19.3 Å². The number of carbonyl (C=O) groups is 2. The van der Waals surface area contributed by atoms with Gasteiger partial charge in [-0.1, -0.05) is 135 Å². The van der Waals surface area contributed by atoms with Gasteiger partial charge in [0.05, 0.1) is 24.7 Å². The molecule has 0 spiro atoms. The van der Waals surface area contributed by atoms with Crippen LogP contribution < -0.4 is 0 Å². The van der Waals surface area contributed by atoms with Crippen molar-refractivity contribution in [2.45, 2.75) is 174 Å². The Kier molecular flexibility index (Phi) is 25.0. The summed E-state index contributed by atoms with van der Waals surface area (Å²) in [5.74, 6) is -0.509. The molecule has 0 aromatic carbocycles. The average molecular weight is 653 g/mol. The van der Waals surface area contributed by atoms with Gasteiger partial charge >= 0.3 is 11.9 Å². The van der Waals surface area contributed by atoms with Gasteiger partial charge in [0.1, 0.15) is 19.3 Å². The molecule has 46 heavy (non-hydrogen) atoms. The van der Waals surface area contributed by atoms with Gasteiger partial charge in [-0.05, 0) is 31.1 Å². The molecule has 8 heteroatoms. The Labute approximate surface area is 280 Å². The maximum absolute atomic E-state index is 12.1. The van der Waals surface area contributed by atoms with Gasteiger partial charge in [0.2, 0.25) is 0 Å². The van der Waals surface area contributed by atoms with Crippen LogP contribution in [0.1, 0.15) is 149 Å². The summed E-state index contributed by atoms with van der Waals surface area (Å²) < 4.78 is 10.2. The fraction of sp³-hybridized carbons (Fsp3) is 0.842. The zero-order valence-electron chi connectivity index (χ0n) is 29.3. The van der Waals surface area contributed by atoms with E-state index in [0.717, 1.165) is 44.4 Å². The number of ether oxygens (including phenoxy) is 2. The summed E-state index contributed by atoms with van der Waals surface area (Å²) in [6, 6.07) is 0. The van der Waals surface area contributed by atoms with Crippen LogP contribution in [0.2, 0.25) is 0 Å². The Morgan fingerprint density at radius 2 is 1.30 bits per heavy atom. The van der Waals surface area contributed by atoms with E-state index in [1.165, 1.54) is 57.8 Å². The van der Waals surface area contributed by atoms with Crippen molar-refractivity contribution in [3.8, 4) is 0 Å². The van der Waals surface area contributed by atoms with Gasteiger partial charge in [-0.25, -0.2) is 0 Å². The van der Waals surface area contributed by atoms with Crippen LogP contribution in [-0.2, 0) is 19.1 Å². The van der Waals surface area contributed by atoms with Crippen molar-refractivity contribution in [3.05, 3.63) is 24.3 Å². The van der Waals surface area contributed by atoms with Crippen LogP contribution in [0.15, 0.2) is 24.3 Å². The first-order chi connectivity index (χ1) is 22.1. The lowest BCUT2D eigenvalue weighted by Gasteiger charge is -2.19. The molecule has 6 atom stereocenters. The predicted molar refractivity (Wildman–Crippen MR) is 184 cm³/mol. The molecule has 8 nitrogen and oxygen atoms in total. The number of aliphatic hydroxyl groups is 4. The van der Waals surface area contributed by atoms with Crippen LogP contribution in [0.4, 0.5) is 0 Å². The summed E-state index contributed by atoms with van der Waals surface area (Å²) in [4.78, 5) is 24.1. The van der Waals surface area contributed by atoms with Gasteiger partial charge in [0.25, 0.3) is 0 Å². The van der Waals surface area contributed by atoms with E-state index >= 15 is 0 Å². The summed E-state index contributed by atoms with van der Waals surface area (Å²) >= 11 is 0. The van der Waals surface area contributed by atoms with Crippen LogP contribution in [0.5, 0.6) is 0 Å². The van der Waals surface area contributed by atoms with Crippen LogP contribution in [0, 0.1) is 17.8 Å². The van der Waals surface area contributed by atoms with E-state index in [2.05, 4.69) is 20.8 Å². The fourth-order valence-corrected chi connectivity index (χ4v) is 6.07. The normalized spacial score (nSPS) is 21.4. The van der Waals surface area contributed by atoms with Crippen molar-refractivity contribution in [1.82, 2.24) is 0 Å². The molecule has 0 aliphatic heterocycles. The summed E-state index contributed by atoms with van der Waals surface area (Å²) in [7, 11) is 0. The highest BCUT2D eigenvalue weighted by atomic mass is 16.6. The summed E-state index contributed by atoms with van der Waals surface area (Å²) in [5, 5.41) is 41.0. The number of hydrogen-bond donors (Lipinski definition) is 4. The minimum Gasteiger partial charge on any atom is -0.463 e. The van der Waals surface area contributed by atoms with Gasteiger partial charge in [-0.15, -0.1) is 0 Å². The average Bonchev–Trinajstić information content (AvgIpc) is 3.29. The van der Waals surface area contributed by atoms with Crippen molar-refractivity contribution < 1.29 is 39.5 Å². The van der Waals surface area contributed by atoms with Crippen molar-refractivity contribution in [1.29, 1.82) is 0 Å². The molecule has 0 heterocycles. The third-order valence-corrected chi connectivity index (χ3v) is 8.97. The Morgan fingerprint density at radius 1 is 0.739 bits per heavy atom. The first-order valence-electron chi connectivity index (χ1n) is 18.5. The van der Waals surface area contributed by atoms with E-state index in [-0.39, 0.29) is 43.9 Å². The monoisotopic (exact) mass is 652 g/mol. The van der Waals surface area contributed by atoms with Gasteiger partial charge in [0.15, 0.2) is 0 Å². The van der Waals surface area contributed by atoms with E-state index in [1.54, 1.807) is 18.2 Å². The Hall–Kier alpha value is -1.74. The molecular formula is C38H68O8. The molecule has 1 aliphatic rings. The SMILES string of the molecule is CCCCC[C@@H](O)/C=C/[C@@H]1[C@H](C/C=C\CC(=O)OC[C@@H](O)COC(=O)CCCCCCCCCCCCCC(C)C)[C@@H](O)C[C@H]1O. The molecule has 0 aromatic heterocycles. The fourth-order valence-electron chi connectivity index (χ4n) is 6.07. The molecule has 1 rings (SSSR count). The highest BCUT2D eigenvalue weighted by Gasteiger charge is 2.39. The lowest BCUT2D eigenvalue weighted by molar-refractivity contribution is -0.151. The quantitative estimate of drug-likeness (QED) is 0.0392. The van der Waals surface area contributed by atoms with Crippen LogP contribution in [-0.4, -0.2) is 70.0 Å². The summed E-state index contributed by atoms with van der Waals surface area (Å²) in [5.41, 5.74) is 0. The molecular weight excluding hydrogens is 584 g/mol. The van der Waals surface area contributed by atoms with Crippen molar-refractivity contribution in [2.75, 3.05) is 13.2 Å². The zero-order valence-corrected chi connectivity index (χ0v) is 29.3. The number of allylic oxidation sites excluding steroid dienone is 1. The molecule has 1 saturated carbocycles. The molecule has 4 N–H and O–H groups in total. The first-order valence-corrected chi connectivity index (χ1v) is 18.5. The van der Waals surface area contributed by atoms with Gasteiger partial charge in [-0.2, -0.15) is 0 Å². The van der Waals surface area contributed by atoms with Crippen molar-refractivity contribution in [3.63, 3.8) is 0 Å². The van der Waals surface area contributed by atoms with Crippen LogP contribution in [0.25, 0.3) is 0 Å². The van der Waals surface area contributed by atoms with Crippen molar-refractivity contribution in [2.24, 2.45) is 17.8 Å².